The summed E-state index contributed by atoms with van der Waals surface area (Å²) in [4.78, 5) is 18.2. The van der Waals surface area contributed by atoms with E-state index in [9.17, 15) is 13.2 Å². The van der Waals surface area contributed by atoms with Crippen molar-refractivity contribution in [2.45, 2.75) is 36.6 Å². The molecule has 0 radical (unpaired) electrons. The minimum Gasteiger partial charge on any atom is -0.493 e. The smallest absolute Gasteiger partial charge is 0.267 e. The molecule has 3 heterocycles. The standard InChI is InChI=1S/C29H28N4O5S/c1-18-7-10-21(11-8-18)39(35,36)25-17-22-28(31-27-19(2)6-5-14-33(27)29(22)34)32(26(25)30)15-13-20-9-12-23(37-3)24(16-20)38-4/h5-12,14,16-17,30H,13,15H2,1-4H3. The molecular formula is C29H28N4O5S. The molecule has 2 aromatic carbocycles. The van der Waals surface area contributed by atoms with Gasteiger partial charge in [-0.25, -0.2) is 13.4 Å². The van der Waals surface area contributed by atoms with Gasteiger partial charge in [-0.05, 0) is 67.8 Å². The Balaban J connectivity index is 1.75. The molecule has 3 aromatic heterocycles. The van der Waals surface area contributed by atoms with Crippen molar-refractivity contribution in [3.05, 3.63) is 99.4 Å². The van der Waals surface area contributed by atoms with E-state index >= 15 is 0 Å². The topological polar surface area (TPSA) is 116 Å². The van der Waals surface area contributed by atoms with Gasteiger partial charge in [-0.15, -0.1) is 0 Å². The third kappa shape index (κ3) is 4.57. The van der Waals surface area contributed by atoms with Crippen LogP contribution in [0.5, 0.6) is 11.5 Å². The van der Waals surface area contributed by atoms with E-state index in [4.69, 9.17) is 19.9 Å². The summed E-state index contributed by atoms with van der Waals surface area (Å²) in [6, 6.07) is 16.8. The van der Waals surface area contributed by atoms with Crippen LogP contribution in [0, 0.1) is 19.3 Å². The monoisotopic (exact) mass is 544 g/mol. The molecule has 0 aliphatic rings. The summed E-state index contributed by atoms with van der Waals surface area (Å²) in [5.74, 6) is 1.15. The quantitative estimate of drug-likeness (QED) is 0.311. The van der Waals surface area contributed by atoms with Crippen LogP contribution in [0.2, 0.25) is 0 Å². The Morgan fingerprint density at radius 3 is 2.33 bits per heavy atom. The van der Waals surface area contributed by atoms with Gasteiger partial charge in [-0.3, -0.25) is 14.6 Å². The zero-order chi connectivity index (χ0) is 27.9. The van der Waals surface area contributed by atoms with Gasteiger partial charge in [-0.2, -0.15) is 0 Å². The Bertz CT molecular complexity index is 1960. The number of aromatic nitrogens is 3. The number of pyridine rings is 2. The van der Waals surface area contributed by atoms with Crippen LogP contribution in [-0.4, -0.2) is 36.6 Å². The third-order valence-corrected chi connectivity index (χ3v) is 8.57. The molecule has 0 fully saturated rings. The molecule has 0 atom stereocenters. The van der Waals surface area contributed by atoms with Crippen molar-refractivity contribution in [3.63, 3.8) is 0 Å². The number of hydrogen-bond acceptors (Lipinski definition) is 7. The highest BCUT2D eigenvalue weighted by molar-refractivity contribution is 7.91. The van der Waals surface area contributed by atoms with E-state index in [1.807, 2.05) is 32.0 Å². The first-order valence-corrected chi connectivity index (χ1v) is 13.8. The maximum atomic E-state index is 13.7. The average Bonchev–Trinajstić information content (AvgIpc) is 2.93. The number of sulfone groups is 1. The van der Waals surface area contributed by atoms with Crippen LogP contribution < -0.4 is 20.5 Å². The number of methoxy groups -OCH3 is 2. The molecule has 200 valence electrons. The Labute approximate surface area is 225 Å². The lowest BCUT2D eigenvalue weighted by atomic mass is 10.1. The molecule has 5 aromatic rings. The van der Waals surface area contributed by atoms with E-state index in [0.29, 0.717) is 23.6 Å². The molecule has 5 rings (SSSR count). The van der Waals surface area contributed by atoms with Crippen molar-refractivity contribution in [1.82, 2.24) is 14.0 Å². The highest BCUT2D eigenvalue weighted by Crippen LogP contribution is 2.28. The number of fused-ring (bicyclic) bond motifs is 2. The normalized spacial score (nSPS) is 11.7. The Kier molecular flexibility index (Phi) is 6.73. The van der Waals surface area contributed by atoms with Gasteiger partial charge < -0.3 is 14.0 Å². The van der Waals surface area contributed by atoms with Gasteiger partial charge in [0.2, 0.25) is 9.84 Å². The number of benzene rings is 2. The average molecular weight is 545 g/mol. The first-order chi connectivity index (χ1) is 18.6. The molecule has 0 bridgehead atoms. The van der Waals surface area contributed by atoms with E-state index in [1.165, 1.54) is 27.2 Å². The number of rotatable bonds is 7. The fourth-order valence-electron chi connectivity index (χ4n) is 4.61. The van der Waals surface area contributed by atoms with Crippen molar-refractivity contribution in [3.8, 4) is 11.5 Å². The number of nitrogens with zero attached hydrogens (tertiary/aromatic N) is 3. The molecule has 0 spiro atoms. The molecule has 0 aliphatic heterocycles. The molecule has 0 saturated heterocycles. The van der Waals surface area contributed by atoms with Gasteiger partial charge in [-0.1, -0.05) is 29.8 Å². The summed E-state index contributed by atoms with van der Waals surface area (Å²) in [5.41, 5.74) is 2.63. The maximum Gasteiger partial charge on any atom is 0.267 e. The second-order valence-corrected chi connectivity index (χ2v) is 11.2. The Morgan fingerprint density at radius 1 is 0.923 bits per heavy atom. The molecule has 9 nitrogen and oxygen atoms in total. The molecule has 0 aliphatic carbocycles. The summed E-state index contributed by atoms with van der Waals surface area (Å²) >= 11 is 0. The second kappa shape index (κ2) is 10.0. The van der Waals surface area contributed by atoms with Crippen molar-refractivity contribution in [2.75, 3.05) is 14.2 Å². The summed E-state index contributed by atoms with van der Waals surface area (Å²) in [6.07, 6.45) is 2.03. The van der Waals surface area contributed by atoms with E-state index in [2.05, 4.69) is 0 Å². The van der Waals surface area contributed by atoms with E-state index in [0.717, 1.165) is 16.7 Å². The predicted octanol–water partition coefficient (Wildman–Crippen LogP) is 3.84. The first-order valence-electron chi connectivity index (χ1n) is 12.3. The zero-order valence-electron chi connectivity index (χ0n) is 22.1. The number of aryl methyl sites for hydroxylation is 4. The maximum absolute atomic E-state index is 13.7. The van der Waals surface area contributed by atoms with Crippen molar-refractivity contribution < 1.29 is 17.9 Å². The lowest BCUT2D eigenvalue weighted by Crippen LogP contribution is -2.30. The number of ether oxygens (including phenoxy) is 2. The summed E-state index contributed by atoms with van der Waals surface area (Å²) in [5, 5.41) is 9.12. The van der Waals surface area contributed by atoms with Gasteiger partial charge in [0, 0.05) is 12.7 Å². The fraction of sp³-hybridized carbons (Fsp3) is 0.207. The summed E-state index contributed by atoms with van der Waals surface area (Å²) in [6.45, 7) is 3.92. The van der Waals surface area contributed by atoms with Crippen LogP contribution in [0.4, 0.5) is 0 Å². The van der Waals surface area contributed by atoms with Gasteiger partial charge in [0.05, 0.1) is 24.5 Å². The van der Waals surface area contributed by atoms with Crippen LogP contribution in [-0.2, 0) is 22.8 Å². The first kappa shape index (κ1) is 26.2. The zero-order valence-corrected chi connectivity index (χ0v) is 22.9. The van der Waals surface area contributed by atoms with Crippen LogP contribution in [0.3, 0.4) is 0 Å². The van der Waals surface area contributed by atoms with Crippen molar-refractivity contribution in [2.24, 2.45) is 0 Å². The van der Waals surface area contributed by atoms with Crippen molar-refractivity contribution in [1.29, 1.82) is 5.41 Å². The minimum atomic E-state index is -4.10. The largest absolute Gasteiger partial charge is 0.493 e. The van der Waals surface area contributed by atoms with Gasteiger partial charge >= 0.3 is 0 Å². The number of hydrogen-bond donors (Lipinski definition) is 1. The molecule has 0 unspecified atom stereocenters. The molecular weight excluding hydrogens is 516 g/mol. The summed E-state index contributed by atoms with van der Waals surface area (Å²) in [7, 11) is -0.992. The molecule has 10 heteroatoms. The van der Waals surface area contributed by atoms with E-state index in [1.54, 1.807) is 44.7 Å². The van der Waals surface area contributed by atoms with Crippen LogP contribution in [0.1, 0.15) is 16.7 Å². The second-order valence-electron chi connectivity index (χ2n) is 9.30. The fourth-order valence-corrected chi connectivity index (χ4v) is 6.00. The highest BCUT2D eigenvalue weighted by atomic mass is 32.2. The Hall–Kier alpha value is -4.44. The van der Waals surface area contributed by atoms with E-state index < -0.39 is 15.4 Å². The van der Waals surface area contributed by atoms with Crippen molar-refractivity contribution >= 4 is 26.5 Å². The van der Waals surface area contributed by atoms with Gasteiger partial charge in [0.25, 0.3) is 5.56 Å². The van der Waals surface area contributed by atoms with Crippen LogP contribution in [0.15, 0.2) is 81.4 Å². The minimum absolute atomic E-state index is 0.0529. The molecule has 1 N–H and O–H groups in total. The number of nitrogens with one attached hydrogen (secondary N) is 1. The van der Waals surface area contributed by atoms with E-state index in [-0.39, 0.29) is 32.9 Å². The van der Waals surface area contributed by atoms with Crippen LogP contribution in [0.25, 0.3) is 16.7 Å². The SMILES string of the molecule is COc1ccc(CCn2c(=N)c(S(=O)(=O)c3ccc(C)cc3)cc3c(=O)n4cccc(C)c4nc32)cc1OC. The van der Waals surface area contributed by atoms with Gasteiger partial charge in [0.1, 0.15) is 21.7 Å². The predicted molar refractivity (Wildman–Crippen MR) is 147 cm³/mol. The Morgan fingerprint density at radius 2 is 1.64 bits per heavy atom. The molecule has 0 amide bonds. The lowest BCUT2D eigenvalue weighted by Gasteiger charge is -2.16. The van der Waals surface area contributed by atoms with Crippen LogP contribution >= 0.6 is 0 Å². The molecule has 0 saturated carbocycles. The summed E-state index contributed by atoms with van der Waals surface area (Å²) < 4.78 is 41.1. The third-order valence-electron chi connectivity index (χ3n) is 6.79. The molecule has 39 heavy (non-hydrogen) atoms. The lowest BCUT2D eigenvalue weighted by molar-refractivity contribution is 0.354. The van der Waals surface area contributed by atoms with Gasteiger partial charge in [0.15, 0.2) is 11.5 Å². The highest BCUT2D eigenvalue weighted by Gasteiger charge is 2.24.